The van der Waals surface area contributed by atoms with Crippen LogP contribution in [-0.4, -0.2) is 72.3 Å². The van der Waals surface area contributed by atoms with Gasteiger partial charge in [-0.3, -0.25) is 14.9 Å². The van der Waals surface area contributed by atoms with Crippen molar-refractivity contribution in [2.24, 2.45) is 11.8 Å². The van der Waals surface area contributed by atoms with Crippen molar-refractivity contribution in [3.05, 3.63) is 35.9 Å². The van der Waals surface area contributed by atoms with Crippen LogP contribution >= 0.6 is 0 Å². The van der Waals surface area contributed by atoms with Crippen molar-refractivity contribution >= 4 is 17.8 Å². The predicted molar refractivity (Wildman–Crippen MR) is 118 cm³/mol. The quantitative estimate of drug-likeness (QED) is 0.558. The smallest absolute Gasteiger partial charge is 0.326 e. The molecule has 0 aliphatic carbocycles. The summed E-state index contributed by atoms with van der Waals surface area (Å²) in [6, 6.07) is 7.52. The maximum Gasteiger partial charge on any atom is 0.326 e. The Morgan fingerprint density at radius 3 is 2.69 bits per heavy atom. The van der Waals surface area contributed by atoms with E-state index in [1.165, 1.54) is 4.90 Å². The molecule has 0 radical (unpaired) electrons. The summed E-state index contributed by atoms with van der Waals surface area (Å²) >= 11 is 0. The Kier molecular flexibility index (Phi) is 8.64. The number of aliphatic carboxylic acids is 1. The number of esters is 1. The zero-order valence-electron chi connectivity index (χ0n) is 18.9. The lowest BCUT2D eigenvalue weighted by Crippen LogP contribution is -2.61. The molecule has 1 aromatic rings. The predicted octanol–water partition coefficient (Wildman–Crippen LogP) is 1.87. The molecule has 176 valence electrons. The first kappa shape index (κ1) is 24.2. The van der Waals surface area contributed by atoms with E-state index >= 15 is 0 Å². The standard InChI is InChI=1S/C24H34N2O6/c1-3-32-24(30)20(10-9-17-7-5-4-6-8-17)25-16(2)22(27)26-13-11-18-12-14-31-15-19(18)21(26)23(28)29/h4-8,16,18-21,25H,3,9-15H2,1-2H3,(H,28,29)/t16-,18?,19?,20?,21-/m0/s1. The van der Waals surface area contributed by atoms with E-state index in [2.05, 4.69) is 5.32 Å². The number of ether oxygens (including phenoxy) is 2. The van der Waals surface area contributed by atoms with Gasteiger partial charge < -0.3 is 19.5 Å². The molecule has 2 aliphatic rings. The summed E-state index contributed by atoms with van der Waals surface area (Å²) in [5.41, 5.74) is 1.09. The second kappa shape index (κ2) is 11.4. The third kappa shape index (κ3) is 5.86. The van der Waals surface area contributed by atoms with Gasteiger partial charge in [0.25, 0.3) is 0 Å². The molecule has 3 rings (SSSR count). The fourth-order valence-electron chi connectivity index (χ4n) is 4.84. The van der Waals surface area contributed by atoms with Gasteiger partial charge in [-0.15, -0.1) is 0 Å². The van der Waals surface area contributed by atoms with E-state index in [0.29, 0.717) is 32.6 Å². The number of piperidine rings is 1. The fraction of sp³-hybridized carbons (Fsp3) is 0.625. The van der Waals surface area contributed by atoms with Crippen LogP contribution in [0.2, 0.25) is 0 Å². The molecular formula is C24H34N2O6. The molecule has 1 aromatic carbocycles. The van der Waals surface area contributed by atoms with Crippen molar-refractivity contribution in [3.63, 3.8) is 0 Å². The highest BCUT2D eigenvalue weighted by Crippen LogP contribution is 2.35. The van der Waals surface area contributed by atoms with E-state index in [0.717, 1.165) is 18.4 Å². The monoisotopic (exact) mass is 446 g/mol. The summed E-state index contributed by atoms with van der Waals surface area (Å²) < 4.78 is 10.7. The van der Waals surface area contributed by atoms with Crippen LogP contribution < -0.4 is 5.32 Å². The topological polar surface area (TPSA) is 105 Å². The second-order valence-electron chi connectivity index (χ2n) is 8.61. The Morgan fingerprint density at radius 2 is 2.00 bits per heavy atom. The van der Waals surface area contributed by atoms with Crippen LogP contribution in [0.3, 0.4) is 0 Å². The van der Waals surface area contributed by atoms with Gasteiger partial charge in [-0.1, -0.05) is 30.3 Å². The van der Waals surface area contributed by atoms with Crippen molar-refractivity contribution in [3.8, 4) is 0 Å². The summed E-state index contributed by atoms with van der Waals surface area (Å²) in [5, 5.41) is 13.0. The number of aryl methyl sites for hydroxylation is 1. The number of likely N-dealkylation sites (tertiary alicyclic amines) is 1. The molecule has 0 bridgehead atoms. The molecule has 2 N–H and O–H groups in total. The third-order valence-electron chi connectivity index (χ3n) is 6.52. The van der Waals surface area contributed by atoms with E-state index in [9.17, 15) is 19.5 Å². The number of benzene rings is 1. The summed E-state index contributed by atoms with van der Waals surface area (Å²) in [7, 11) is 0. The number of hydrogen-bond donors (Lipinski definition) is 2. The van der Waals surface area contributed by atoms with Gasteiger partial charge >= 0.3 is 11.9 Å². The number of rotatable bonds is 9. The Labute approximate surface area is 189 Å². The first-order chi connectivity index (χ1) is 15.4. The normalized spacial score (nSPS) is 24.8. The highest BCUT2D eigenvalue weighted by Gasteiger charge is 2.46. The summed E-state index contributed by atoms with van der Waals surface area (Å²) in [6.07, 6.45) is 2.72. The lowest BCUT2D eigenvalue weighted by Gasteiger charge is -2.46. The molecule has 2 heterocycles. The molecule has 2 saturated heterocycles. The Bertz CT molecular complexity index is 786. The highest BCUT2D eigenvalue weighted by atomic mass is 16.5. The van der Waals surface area contributed by atoms with Crippen LogP contribution in [0.5, 0.6) is 0 Å². The average Bonchev–Trinajstić information content (AvgIpc) is 2.80. The largest absolute Gasteiger partial charge is 0.480 e. The number of fused-ring (bicyclic) bond motifs is 1. The number of amides is 1. The van der Waals surface area contributed by atoms with Crippen LogP contribution in [0.15, 0.2) is 30.3 Å². The third-order valence-corrected chi connectivity index (χ3v) is 6.52. The number of carboxylic acids is 1. The summed E-state index contributed by atoms with van der Waals surface area (Å²) in [6.45, 7) is 5.07. The van der Waals surface area contributed by atoms with Gasteiger partial charge in [0.15, 0.2) is 0 Å². The Hall–Kier alpha value is -2.45. The fourth-order valence-corrected chi connectivity index (χ4v) is 4.84. The van der Waals surface area contributed by atoms with Gasteiger partial charge in [0.05, 0.1) is 19.3 Å². The number of hydrogen-bond acceptors (Lipinski definition) is 6. The maximum absolute atomic E-state index is 13.3. The van der Waals surface area contributed by atoms with E-state index < -0.39 is 30.1 Å². The first-order valence-electron chi connectivity index (χ1n) is 11.5. The summed E-state index contributed by atoms with van der Waals surface area (Å²) in [4.78, 5) is 39.4. The van der Waals surface area contributed by atoms with E-state index in [1.54, 1.807) is 13.8 Å². The van der Waals surface area contributed by atoms with Gasteiger partial charge in [-0.2, -0.15) is 0 Å². The van der Waals surface area contributed by atoms with E-state index in [1.807, 2.05) is 30.3 Å². The van der Waals surface area contributed by atoms with Gasteiger partial charge in [0, 0.05) is 19.1 Å². The molecule has 32 heavy (non-hydrogen) atoms. The first-order valence-corrected chi connectivity index (χ1v) is 11.5. The molecule has 2 fully saturated rings. The molecule has 8 nitrogen and oxygen atoms in total. The molecular weight excluding hydrogens is 412 g/mol. The number of carbonyl (C=O) groups is 3. The number of carboxylic acid groups (broad SMARTS) is 1. The van der Waals surface area contributed by atoms with Crippen LogP contribution in [0.1, 0.15) is 38.7 Å². The van der Waals surface area contributed by atoms with Crippen molar-refractivity contribution in [1.82, 2.24) is 10.2 Å². The van der Waals surface area contributed by atoms with Crippen molar-refractivity contribution in [2.45, 2.75) is 57.7 Å². The molecule has 2 aliphatic heterocycles. The van der Waals surface area contributed by atoms with Crippen LogP contribution in [0.4, 0.5) is 0 Å². The van der Waals surface area contributed by atoms with Crippen LogP contribution in [-0.2, 0) is 30.3 Å². The van der Waals surface area contributed by atoms with Crippen LogP contribution in [0.25, 0.3) is 0 Å². The molecule has 3 unspecified atom stereocenters. The lowest BCUT2D eigenvalue weighted by atomic mass is 9.77. The minimum atomic E-state index is -1.00. The van der Waals surface area contributed by atoms with Crippen molar-refractivity contribution < 1.29 is 29.0 Å². The Balaban J connectivity index is 1.68. The van der Waals surface area contributed by atoms with Gasteiger partial charge in [0.2, 0.25) is 5.91 Å². The number of carbonyl (C=O) groups excluding carboxylic acids is 2. The summed E-state index contributed by atoms with van der Waals surface area (Å²) in [5.74, 6) is -1.66. The van der Waals surface area contributed by atoms with Gasteiger partial charge in [0.1, 0.15) is 12.1 Å². The molecule has 0 saturated carbocycles. The number of nitrogens with zero attached hydrogens (tertiary/aromatic N) is 1. The highest BCUT2D eigenvalue weighted by molar-refractivity contribution is 5.88. The lowest BCUT2D eigenvalue weighted by molar-refractivity contribution is -0.163. The molecule has 0 spiro atoms. The van der Waals surface area contributed by atoms with Crippen LogP contribution in [0, 0.1) is 11.8 Å². The SMILES string of the molecule is CCOC(=O)C(CCc1ccccc1)N[C@@H](C)C(=O)N1CCC2CCOCC2[C@H]1C(=O)O. The van der Waals surface area contributed by atoms with Gasteiger partial charge in [-0.25, -0.2) is 4.79 Å². The molecule has 1 amide bonds. The van der Waals surface area contributed by atoms with Gasteiger partial charge in [-0.05, 0) is 51.0 Å². The molecule has 0 aromatic heterocycles. The minimum absolute atomic E-state index is 0.204. The average molecular weight is 447 g/mol. The minimum Gasteiger partial charge on any atom is -0.480 e. The van der Waals surface area contributed by atoms with E-state index in [-0.39, 0.29) is 24.3 Å². The van der Waals surface area contributed by atoms with Crippen molar-refractivity contribution in [1.29, 1.82) is 0 Å². The maximum atomic E-state index is 13.3. The van der Waals surface area contributed by atoms with Crippen molar-refractivity contribution in [2.75, 3.05) is 26.4 Å². The second-order valence-corrected chi connectivity index (χ2v) is 8.61. The molecule has 8 heteroatoms. The molecule has 5 atom stereocenters. The zero-order chi connectivity index (χ0) is 23.1. The zero-order valence-corrected chi connectivity index (χ0v) is 18.9. The Morgan fingerprint density at radius 1 is 1.25 bits per heavy atom. The number of nitrogens with one attached hydrogen (secondary N) is 1. The van der Waals surface area contributed by atoms with E-state index in [4.69, 9.17) is 9.47 Å².